The number of hydrogen-bond donors (Lipinski definition) is 0. The van der Waals surface area contributed by atoms with E-state index in [9.17, 15) is 0 Å². The summed E-state index contributed by atoms with van der Waals surface area (Å²) < 4.78 is 9.26. The highest BCUT2D eigenvalue weighted by atomic mass is 16.3. The predicted octanol–water partition coefficient (Wildman–Crippen LogP) is 15.0. The maximum atomic E-state index is 6.80. The van der Waals surface area contributed by atoms with Crippen LogP contribution in [0.5, 0.6) is 0 Å². The highest BCUT2D eigenvalue weighted by molar-refractivity contribution is 6.21. The first-order chi connectivity index (χ1) is 30.7. The van der Waals surface area contributed by atoms with Gasteiger partial charge in [0.1, 0.15) is 11.2 Å². The molecule has 0 N–H and O–H groups in total. The summed E-state index contributed by atoms with van der Waals surface area (Å²) in [6.45, 7) is 0. The first-order valence-corrected chi connectivity index (χ1v) is 20.9. The Kier molecular flexibility index (Phi) is 7.54. The van der Waals surface area contributed by atoms with E-state index in [1.54, 1.807) is 0 Å². The lowest BCUT2D eigenvalue weighted by Crippen LogP contribution is -2.00. The van der Waals surface area contributed by atoms with Crippen molar-refractivity contribution in [2.45, 2.75) is 0 Å². The van der Waals surface area contributed by atoms with E-state index in [1.165, 1.54) is 32.3 Å². The van der Waals surface area contributed by atoms with Crippen molar-refractivity contribution in [3.63, 3.8) is 0 Å². The van der Waals surface area contributed by atoms with Gasteiger partial charge in [0.15, 0.2) is 17.5 Å². The molecule has 62 heavy (non-hydrogen) atoms. The van der Waals surface area contributed by atoms with Gasteiger partial charge >= 0.3 is 0 Å². The largest absolute Gasteiger partial charge is 0.455 e. The van der Waals surface area contributed by atoms with Gasteiger partial charge in [-0.3, -0.25) is 0 Å². The van der Waals surface area contributed by atoms with Gasteiger partial charge in [-0.05, 0) is 87.3 Å². The van der Waals surface area contributed by atoms with Gasteiger partial charge in [0.2, 0.25) is 0 Å². The summed E-state index contributed by atoms with van der Waals surface area (Å²) in [5.41, 5.74) is 10.0. The molecular weight excluding hydrogens is 757 g/mol. The maximum absolute atomic E-state index is 6.80. The van der Waals surface area contributed by atoms with Gasteiger partial charge in [0.05, 0.1) is 16.7 Å². The van der Waals surface area contributed by atoms with Crippen molar-refractivity contribution in [1.29, 1.82) is 0 Å². The summed E-state index contributed by atoms with van der Waals surface area (Å²) in [5, 5.41) is 11.5. The third-order valence-corrected chi connectivity index (χ3v) is 12.3. The molecule has 0 fully saturated rings. The monoisotopic (exact) mass is 790 g/mol. The van der Waals surface area contributed by atoms with Crippen LogP contribution in [0.1, 0.15) is 0 Å². The zero-order valence-corrected chi connectivity index (χ0v) is 33.3. The fraction of sp³-hybridized carbons (Fsp3) is 0. The Labute approximate surface area is 355 Å². The summed E-state index contributed by atoms with van der Waals surface area (Å²) in [6, 6.07) is 72.9. The third-order valence-electron chi connectivity index (χ3n) is 12.3. The summed E-state index contributed by atoms with van der Waals surface area (Å²) in [5.74, 6) is 1.83. The summed E-state index contributed by atoms with van der Waals surface area (Å²) in [7, 11) is 0. The SMILES string of the molecule is c1ccc(-c2cccc(-c3nc(-c4ccccc4)nc(-c4ccc5oc6c7ccccc7c(-n7c8cc9ccccc9cc8c8cc9ccccc9cc87)cc6c5c4)n3)c2)cc1. The molecule has 0 unspecified atom stereocenters. The van der Waals surface area contributed by atoms with Crippen LogP contribution >= 0.6 is 0 Å². The maximum Gasteiger partial charge on any atom is 0.164 e. The van der Waals surface area contributed by atoms with Crippen LogP contribution in [-0.2, 0) is 0 Å². The first-order valence-electron chi connectivity index (χ1n) is 20.9. The minimum absolute atomic E-state index is 0.595. The van der Waals surface area contributed by atoms with Crippen LogP contribution in [0.2, 0.25) is 0 Å². The van der Waals surface area contributed by atoms with E-state index in [4.69, 9.17) is 19.4 Å². The quantitative estimate of drug-likeness (QED) is 0.174. The fourth-order valence-corrected chi connectivity index (χ4v) is 9.37. The lowest BCUT2D eigenvalue weighted by Gasteiger charge is -2.13. The Morgan fingerprint density at radius 3 is 1.45 bits per heavy atom. The number of furan rings is 1. The standard InChI is InChI=1S/C57H34N4O/c1-3-14-35(15-4-1)37-22-13-23-42(28-37)56-58-55(36-16-5-2-6-17-36)59-57(60-56)43-26-27-53-48(31-43)49-34-52(44-24-11-12-25-45(44)54(49)62-53)61-50-32-40-20-9-7-18-38(40)29-46(50)47-30-39-19-8-10-21-41(39)33-51(47)61/h1-34H. The van der Waals surface area contributed by atoms with E-state index in [0.717, 1.165) is 77.2 Å². The van der Waals surface area contributed by atoms with Crippen LogP contribution in [0.15, 0.2) is 211 Å². The van der Waals surface area contributed by atoms with Gasteiger partial charge in [0.25, 0.3) is 0 Å². The second-order valence-electron chi connectivity index (χ2n) is 16.0. The molecule has 3 heterocycles. The molecule has 13 aromatic rings. The molecular formula is C57H34N4O. The zero-order valence-electron chi connectivity index (χ0n) is 33.3. The molecule has 0 bridgehead atoms. The predicted molar refractivity (Wildman–Crippen MR) is 256 cm³/mol. The van der Waals surface area contributed by atoms with Crippen LogP contribution in [0.4, 0.5) is 0 Å². The molecule has 13 rings (SSSR count). The summed E-state index contributed by atoms with van der Waals surface area (Å²) in [6.07, 6.45) is 0. The highest BCUT2D eigenvalue weighted by Gasteiger charge is 2.21. The minimum atomic E-state index is 0.595. The van der Waals surface area contributed by atoms with Crippen LogP contribution < -0.4 is 0 Å². The lowest BCUT2D eigenvalue weighted by molar-refractivity contribution is 0.672. The number of hydrogen-bond acceptors (Lipinski definition) is 4. The molecule has 0 aliphatic carbocycles. The smallest absolute Gasteiger partial charge is 0.164 e. The summed E-state index contributed by atoms with van der Waals surface area (Å²) >= 11 is 0. The van der Waals surface area contributed by atoms with E-state index >= 15 is 0 Å². The molecule has 0 saturated carbocycles. The molecule has 0 spiro atoms. The molecule has 0 saturated heterocycles. The van der Waals surface area contributed by atoms with Crippen LogP contribution in [0.25, 0.3) is 127 Å². The van der Waals surface area contributed by atoms with Crippen molar-refractivity contribution in [3.05, 3.63) is 206 Å². The molecule has 0 aliphatic rings. The minimum Gasteiger partial charge on any atom is -0.455 e. The Bertz CT molecular complexity index is 3830. The van der Waals surface area contributed by atoms with E-state index in [1.807, 2.05) is 36.4 Å². The Morgan fingerprint density at radius 2 is 0.806 bits per heavy atom. The summed E-state index contributed by atoms with van der Waals surface area (Å²) in [4.78, 5) is 15.3. The molecule has 5 heteroatoms. The molecule has 0 atom stereocenters. The van der Waals surface area contributed by atoms with Crippen molar-refractivity contribution in [2.75, 3.05) is 0 Å². The van der Waals surface area contributed by atoms with Crippen LogP contribution in [0, 0.1) is 0 Å². The average Bonchev–Trinajstić information content (AvgIpc) is 3.86. The topological polar surface area (TPSA) is 56.7 Å². The molecule has 0 amide bonds. The van der Waals surface area contributed by atoms with E-state index in [2.05, 4.69) is 174 Å². The molecule has 3 aromatic heterocycles. The van der Waals surface area contributed by atoms with Gasteiger partial charge in [-0.1, -0.05) is 152 Å². The highest BCUT2D eigenvalue weighted by Crippen LogP contribution is 2.43. The van der Waals surface area contributed by atoms with Gasteiger partial charge in [-0.25, -0.2) is 15.0 Å². The van der Waals surface area contributed by atoms with E-state index in [-0.39, 0.29) is 0 Å². The molecule has 5 nitrogen and oxygen atoms in total. The van der Waals surface area contributed by atoms with Crippen molar-refractivity contribution in [1.82, 2.24) is 19.5 Å². The Morgan fingerprint density at radius 1 is 0.306 bits per heavy atom. The second-order valence-corrected chi connectivity index (χ2v) is 16.0. The Balaban J connectivity index is 1.05. The molecule has 10 aromatic carbocycles. The van der Waals surface area contributed by atoms with Gasteiger partial charge < -0.3 is 8.98 Å². The third kappa shape index (κ3) is 5.45. The van der Waals surface area contributed by atoms with Crippen molar-refractivity contribution in [2.24, 2.45) is 0 Å². The van der Waals surface area contributed by atoms with Gasteiger partial charge in [0, 0.05) is 49.0 Å². The molecule has 0 aliphatic heterocycles. The first kappa shape index (κ1) is 34.5. The number of nitrogens with zero attached hydrogens (tertiary/aromatic N) is 4. The number of rotatable bonds is 5. The second kappa shape index (κ2) is 13.6. The van der Waals surface area contributed by atoms with Crippen LogP contribution in [-0.4, -0.2) is 19.5 Å². The fourth-order valence-electron chi connectivity index (χ4n) is 9.37. The normalized spacial score (nSPS) is 11.9. The Hall–Kier alpha value is -8.41. The van der Waals surface area contributed by atoms with E-state index in [0.29, 0.717) is 17.5 Å². The number of benzene rings is 10. The number of fused-ring (bicyclic) bond motifs is 10. The van der Waals surface area contributed by atoms with Crippen LogP contribution in [0.3, 0.4) is 0 Å². The molecule has 288 valence electrons. The van der Waals surface area contributed by atoms with Crippen molar-refractivity contribution < 1.29 is 4.42 Å². The van der Waals surface area contributed by atoms with Gasteiger partial charge in [-0.2, -0.15) is 0 Å². The van der Waals surface area contributed by atoms with Gasteiger partial charge in [-0.15, -0.1) is 0 Å². The van der Waals surface area contributed by atoms with Crippen molar-refractivity contribution in [3.8, 4) is 51.0 Å². The lowest BCUT2D eigenvalue weighted by atomic mass is 10.0. The van der Waals surface area contributed by atoms with E-state index < -0.39 is 0 Å². The average molecular weight is 791 g/mol. The number of aromatic nitrogens is 4. The zero-order chi connectivity index (χ0) is 40.7. The van der Waals surface area contributed by atoms with Crippen molar-refractivity contribution >= 4 is 76.1 Å². The molecule has 0 radical (unpaired) electrons.